The summed E-state index contributed by atoms with van der Waals surface area (Å²) in [5.74, 6) is 0.642. The molecule has 27 heavy (non-hydrogen) atoms. The van der Waals surface area contributed by atoms with Crippen molar-refractivity contribution < 1.29 is 9.53 Å². The van der Waals surface area contributed by atoms with E-state index in [9.17, 15) is 4.79 Å². The van der Waals surface area contributed by atoms with Crippen LogP contribution < -0.4 is 10.2 Å². The van der Waals surface area contributed by atoms with Crippen LogP contribution >= 0.6 is 0 Å². The first-order valence-electron chi connectivity index (χ1n) is 8.79. The molecule has 0 fully saturated rings. The van der Waals surface area contributed by atoms with Crippen LogP contribution in [0.15, 0.2) is 72.4 Å². The van der Waals surface area contributed by atoms with Crippen molar-refractivity contribution in [2.24, 2.45) is 5.10 Å². The zero-order valence-corrected chi connectivity index (χ0v) is 15.4. The Labute approximate surface area is 158 Å². The second-order valence-electron chi connectivity index (χ2n) is 6.00. The Morgan fingerprint density at radius 1 is 1.15 bits per heavy atom. The quantitative estimate of drug-likeness (QED) is 0.518. The maximum absolute atomic E-state index is 12.1. The van der Waals surface area contributed by atoms with Gasteiger partial charge in [0.05, 0.1) is 25.1 Å². The maximum Gasteiger partial charge on any atom is 0.244 e. The Balaban J connectivity index is 1.57. The highest BCUT2D eigenvalue weighted by Gasteiger charge is 2.04. The topological polar surface area (TPSA) is 68.5 Å². The molecule has 0 atom stereocenters. The number of hydrogen-bond donors (Lipinski definition) is 1. The van der Waals surface area contributed by atoms with Gasteiger partial charge in [-0.1, -0.05) is 24.3 Å². The molecule has 6 heteroatoms. The third-order valence-electron chi connectivity index (χ3n) is 4.03. The van der Waals surface area contributed by atoms with E-state index in [0.717, 1.165) is 28.3 Å². The van der Waals surface area contributed by atoms with Crippen LogP contribution in [0.2, 0.25) is 0 Å². The molecule has 2 aromatic carbocycles. The monoisotopic (exact) mass is 362 g/mol. The Kier molecular flexibility index (Phi) is 5.99. The molecule has 0 aliphatic rings. The number of nitrogens with zero attached hydrogens (tertiary/aromatic N) is 3. The number of nitrogens with one attached hydrogen (secondary N) is 1. The summed E-state index contributed by atoms with van der Waals surface area (Å²) in [6.45, 7) is 4.42. The van der Waals surface area contributed by atoms with E-state index < -0.39 is 0 Å². The summed E-state index contributed by atoms with van der Waals surface area (Å²) < 4.78 is 7.32. The van der Waals surface area contributed by atoms with Gasteiger partial charge in [0.2, 0.25) is 5.91 Å². The molecular weight excluding hydrogens is 340 g/mol. The molecule has 0 unspecified atom stereocenters. The number of hydrogen-bond acceptors (Lipinski definition) is 4. The molecule has 1 N–H and O–H groups in total. The van der Waals surface area contributed by atoms with E-state index in [-0.39, 0.29) is 12.3 Å². The second kappa shape index (κ2) is 8.80. The number of imidazole rings is 1. The number of carbonyl (C=O) groups is 1. The lowest BCUT2D eigenvalue weighted by Gasteiger charge is -2.06. The van der Waals surface area contributed by atoms with E-state index in [2.05, 4.69) is 15.5 Å². The second-order valence-corrected chi connectivity index (χ2v) is 6.00. The van der Waals surface area contributed by atoms with Crippen LogP contribution in [0.3, 0.4) is 0 Å². The van der Waals surface area contributed by atoms with Crippen molar-refractivity contribution >= 4 is 11.6 Å². The minimum absolute atomic E-state index is 0.159. The van der Waals surface area contributed by atoms with E-state index in [1.54, 1.807) is 12.5 Å². The highest BCUT2D eigenvalue weighted by molar-refractivity contribution is 5.99. The van der Waals surface area contributed by atoms with Gasteiger partial charge in [-0.25, -0.2) is 10.4 Å². The van der Waals surface area contributed by atoms with E-state index in [1.807, 2.05) is 73.1 Å². The zero-order chi connectivity index (χ0) is 19.1. The molecule has 0 aliphatic heterocycles. The molecular formula is C21H22N4O2. The molecule has 3 rings (SSSR count). The lowest BCUT2D eigenvalue weighted by molar-refractivity contribution is -0.120. The number of ether oxygens (including phenoxy) is 1. The van der Waals surface area contributed by atoms with Gasteiger partial charge in [-0.05, 0) is 49.2 Å². The lowest BCUT2D eigenvalue weighted by atomic mass is 10.1. The molecule has 0 saturated heterocycles. The smallest absolute Gasteiger partial charge is 0.244 e. The average molecular weight is 362 g/mol. The molecule has 138 valence electrons. The van der Waals surface area contributed by atoms with Crippen LogP contribution in [0.1, 0.15) is 25.0 Å². The number of carbonyl (C=O) groups excluding carboxylic acids is 1. The van der Waals surface area contributed by atoms with Crippen LogP contribution in [0.5, 0.6) is 5.75 Å². The predicted molar refractivity (Wildman–Crippen MR) is 105 cm³/mol. The lowest BCUT2D eigenvalue weighted by Crippen LogP contribution is -2.21. The molecule has 0 aliphatic carbocycles. The van der Waals surface area contributed by atoms with Gasteiger partial charge in [0.1, 0.15) is 5.75 Å². The Morgan fingerprint density at radius 2 is 1.89 bits per heavy atom. The van der Waals surface area contributed by atoms with Crippen molar-refractivity contribution in [1.29, 1.82) is 0 Å². The third-order valence-corrected chi connectivity index (χ3v) is 4.03. The number of rotatable bonds is 7. The van der Waals surface area contributed by atoms with Crippen LogP contribution in [-0.2, 0) is 11.2 Å². The van der Waals surface area contributed by atoms with Gasteiger partial charge in [0, 0.05) is 18.1 Å². The van der Waals surface area contributed by atoms with Gasteiger partial charge < -0.3 is 9.30 Å². The molecule has 1 amide bonds. The highest BCUT2D eigenvalue weighted by atomic mass is 16.5. The van der Waals surface area contributed by atoms with Gasteiger partial charge in [0.25, 0.3) is 0 Å². The summed E-state index contributed by atoms with van der Waals surface area (Å²) in [4.78, 5) is 16.1. The standard InChI is InChI=1S/C21H22N4O2/c1-3-27-20-10-4-17(5-11-20)14-21(26)24-23-16(2)18-6-8-19(9-7-18)25-13-12-22-15-25/h4-13,15H,3,14H2,1-2H3,(H,24,26)/b23-16-. The zero-order valence-electron chi connectivity index (χ0n) is 15.4. The molecule has 0 saturated carbocycles. The summed E-state index contributed by atoms with van der Waals surface area (Å²) in [5, 5.41) is 4.20. The maximum atomic E-state index is 12.1. The van der Waals surface area contributed by atoms with Gasteiger partial charge in [-0.15, -0.1) is 0 Å². The van der Waals surface area contributed by atoms with Crippen molar-refractivity contribution in [2.45, 2.75) is 20.3 Å². The first-order valence-corrected chi connectivity index (χ1v) is 8.79. The van der Waals surface area contributed by atoms with Crippen molar-refractivity contribution in [1.82, 2.24) is 15.0 Å². The molecule has 3 aromatic rings. The largest absolute Gasteiger partial charge is 0.494 e. The number of benzene rings is 2. The molecule has 6 nitrogen and oxygen atoms in total. The van der Waals surface area contributed by atoms with Crippen LogP contribution in [0, 0.1) is 0 Å². The normalized spacial score (nSPS) is 11.3. The fourth-order valence-corrected chi connectivity index (χ4v) is 2.59. The predicted octanol–water partition coefficient (Wildman–Crippen LogP) is 3.35. The van der Waals surface area contributed by atoms with Crippen LogP contribution in [0.25, 0.3) is 5.69 Å². The van der Waals surface area contributed by atoms with Crippen molar-refractivity contribution in [3.63, 3.8) is 0 Å². The van der Waals surface area contributed by atoms with Crippen molar-refractivity contribution in [2.75, 3.05) is 6.61 Å². The molecule has 0 radical (unpaired) electrons. The Morgan fingerprint density at radius 3 is 2.52 bits per heavy atom. The first kappa shape index (κ1) is 18.4. The average Bonchev–Trinajstić information content (AvgIpc) is 3.23. The van der Waals surface area contributed by atoms with Crippen LogP contribution in [0.4, 0.5) is 0 Å². The third kappa shape index (κ3) is 5.04. The highest BCUT2D eigenvalue weighted by Crippen LogP contribution is 2.13. The van der Waals surface area contributed by atoms with E-state index in [1.165, 1.54) is 0 Å². The number of amides is 1. The van der Waals surface area contributed by atoms with Gasteiger partial charge in [-0.2, -0.15) is 5.10 Å². The van der Waals surface area contributed by atoms with Gasteiger partial charge in [0.15, 0.2) is 0 Å². The summed E-state index contributed by atoms with van der Waals surface area (Å²) in [7, 11) is 0. The number of aromatic nitrogens is 2. The first-order chi connectivity index (χ1) is 13.2. The van der Waals surface area contributed by atoms with Crippen LogP contribution in [-0.4, -0.2) is 27.8 Å². The fourth-order valence-electron chi connectivity index (χ4n) is 2.59. The van der Waals surface area contributed by atoms with Crippen molar-refractivity contribution in [3.8, 4) is 11.4 Å². The minimum Gasteiger partial charge on any atom is -0.494 e. The molecule has 0 bridgehead atoms. The Hall–Kier alpha value is -3.41. The molecule has 1 aromatic heterocycles. The van der Waals surface area contributed by atoms with E-state index in [0.29, 0.717) is 6.61 Å². The number of hydrazone groups is 1. The van der Waals surface area contributed by atoms with Crippen molar-refractivity contribution in [3.05, 3.63) is 78.4 Å². The van der Waals surface area contributed by atoms with Gasteiger partial charge >= 0.3 is 0 Å². The van der Waals surface area contributed by atoms with E-state index in [4.69, 9.17) is 4.74 Å². The summed E-state index contributed by atoms with van der Waals surface area (Å²) in [5.41, 5.74) is 6.23. The SMILES string of the molecule is CCOc1ccc(CC(=O)N/N=C(/C)c2ccc(-n3ccnc3)cc2)cc1. The van der Waals surface area contributed by atoms with E-state index >= 15 is 0 Å². The molecule has 0 spiro atoms. The molecule has 1 heterocycles. The summed E-state index contributed by atoms with van der Waals surface area (Å²) >= 11 is 0. The minimum atomic E-state index is -0.159. The fraction of sp³-hybridized carbons (Fsp3) is 0.190. The summed E-state index contributed by atoms with van der Waals surface area (Å²) in [6.07, 6.45) is 5.64. The summed E-state index contributed by atoms with van der Waals surface area (Å²) in [6, 6.07) is 15.4. The Bertz CT molecular complexity index is 898. The van der Waals surface area contributed by atoms with Gasteiger partial charge in [-0.3, -0.25) is 4.79 Å².